The second kappa shape index (κ2) is 6.40. The third kappa shape index (κ3) is 3.26. The van der Waals surface area contributed by atoms with Crippen molar-refractivity contribution in [1.29, 1.82) is 0 Å². The van der Waals surface area contributed by atoms with Crippen molar-refractivity contribution < 1.29 is 0 Å². The van der Waals surface area contributed by atoms with E-state index in [2.05, 4.69) is 29.2 Å². The Balaban J connectivity index is 2.03. The van der Waals surface area contributed by atoms with Gasteiger partial charge in [0.25, 0.3) is 0 Å². The molecule has 0 spiro atoms. The van der Waals surface area contributed by atoms with Crippen molar-refractivity contribution in [3.63, 3.8) is 0 Å². The lowest BCUT2D eigenvalue weighted by Crippen LogP contribution is -2.11. The van der Waals surface area contributed by atoms with Crippen LogP contribution in [0, 0.1) is 0 Å². The van der Waals surface area contributed by atoms with Crippen molar-refractivity contribution >= 4 is 17.2 Å². The number of nitrogen functional groups attached to an aromatic ring is 3. The fourth-order valence-electron chi connectivity index (χ4n) is 2.66. The molecule has 1 aromatic heterocycles. The standard InChI is InChI=1S/C19H20N4/c20-17-15(11-13-7-3-1-4-8-13)16(23-19(22)18(17)21)12-14-9-5-2-6-10-14/h1-10H,11-12,21H2,(H4,20,22,23). The quantitative estimate of drug-likeness (QED) is 0.691. The number of benzene rings is 2. The molecule has 6 N–H and O–H groups in total. The van der Waals surface area contributed by atoms with Crippen molar-refractivity contribution in [2.45, 2.75) is 12.8 Å². The maximum absolute atomic E-state index is 6.24. The van der Waals surface area contributed by atoms with Crippen LogP contribution in [0.1, 0.15) is 22.4 Å². The average molecular weight is 304 g/mol. The Morgan fingerprint density at radius 1 is 0.652 bits per heavy atom. The zero-order chi connectivity index (χ0) is 16.2. The van der Waals surface area contributed by atoms with Crippen molar-refractivity contribution in [3.05, 3.63) is 83.0 Å². The summed E-state index contributed by atoms with van der Waals surface area (Å²) in [6.45, 7) is 0. The summed E-state index contributed by atoms with van der Waals surface area (Å²) in [6.07, 6.45) is 1.37. The van der Waals surface area contributed by atoms with Gasteiger partial charge in [-0.05, 0) is 11.1 Å². The highest BCUT2D eigenvalue weighted by Crippen LogP contribution is 2.30. The van der Waals surface area contributed by atoms with E-state index in [1.807, 2.05) is 36.4 Å². The minimum Gasteiger partial charge on any atom is -0.397 e. The second-order valence-corrected chi connectivity index (χ2v) is 5.57. The van der Waals surface area contributed by atoms with E-state index in [4.69, 9.17) is 17.2 Å². The summed E-state index contributed by atoms with van der Waals surface area (Å²) in [5.74, 6) is 0.297. The lowest BCUT2D eigenvalue weighted by Gasteiger charge is -2.15. The van der Waals surface area contributed by atoms with Gasteiger partial charge in [0.05, 0.1) is 17.1 Å². The minimum atomic E-state index is 0.297. The molecule has 0 aliphatic carbocycles. The molecular weight excluding hydrogens is 284 g/mol. The summed E-state index contributed by atoms with van der Waals surface area (Å²) < 4.78 is 0. The van der Waals surface area contributed by atoms with Crippen molar-refractivity contribution in [3.8, 4) is 0 Å². The first-order valence-corrected chi connectivity index (χ1v) is 7.55. The molecular formula is C19H20N4. The van der Waals surface area contributed by atoms with Crippen LogP contribution in [-0.4, -0.2) is 4.98 Å². The first-order valence-electron chi connectivity index (χ1n) is 7.55. The summed E-state index contributed by atoms with van der Waals surface area (Å²) in [5.41, 5.74) is 23.2. The molecule has 0 unspecified atom stereocenters. The number of nitrogens with two attached hydrogens (primary N) is 3. The van der Waals surface area contributed by atoms with Gasteiger partial charge in [0.15, 0.2) is 0 Å². The van der Waals surface area contributed by atoms with Gasteiger partial charge in [-0.1, -0.05) is 60.7 Å². The third-order valence-corrected chi connectivity index (χ3v) is 3.93. The van der Waals surface area contributed by atoms with Gasteiger partial charge in [0.1, 0.15) is 5.82 Å². The highest BCUT2D eigenvalue weighted by atomic mass is 14.9. The molecule has 1 heterocycles. The molecule has 2 aromatic carbocycles. The Kier molecular flexibility index (Phi) is 4.15. The highest BCUT2D eigenvalue weighted by Gasteiger charge is 2.15. The molecule has 0 radical (unpaired) electrons. The van der Waals surface area contributed by atoms with Gasteiger partial charge in [0.2, 0.25) is 0 Å². The van der Waals surface area contributed by atoms with Gasteiger partial charge in [0, 0.05) is 18.4 Å². The molecule has 0 saturated heterocycles. The van der Waals surface area contributed by atoms with Gasteiger partial charge < -0.3 is 17.2 Å². The van der Waals surface area contributed by atoms with Crippen LogP contribution in [0.2, 0.25) is 0 Å². The molecule has 4 heteroatoms. The van der Waals surface area contributed by atoms with Crippen LogP contribution in [0.25, 0.3) is 0 Å². The molecule has 0 saturated carbocycles. The van der Waals surface area contributed by atoms with Crippen molar-refractivity contribution in [2.24, 2.45) is 0 Å². The van der Waals surface area contributed by atoms with Gasteiger partial charge in [-0.25, -0.2) is 4.98 Å². The fraction of sp³-hybridized carbons (Fsp3) is 0.105. The molecule has 116 valence electrons. The lowest BCUT2D eigenvalue weighted by atomic mass is 9.97. The smallest absolute Gasteiger partial charge is 0.149 e. The molecule has 4 nitrogen and oxygen atoms in total. The number of rotatable bonds is 4. The highest BCUT2D eigenvalue weighted by molar-refractivity contribution is 5.78. The van der Waals surface area contributed by atoms with E-state index in [-0.39, 0.29) is 0 Å². The van der Waals surface area contributed by atoms with E-state index in [1.54, 1.807) is 0 Å². The van der Waals surface area contributed by atoms with Crippen LogP contribution in [0.4, 0.5) is 17.2 Å². The molecule has 0 bridgehead atoms. The van der Waals surface area contributed by atoms with Crippen LogP contribution >= 0.6 is 0 Å². The van der Waals surface area contributed by atoms with E-state index >= 15 is 0 Å². The number of hydrogen-bond acceptors (Lipinski definition) is 4. The SMILES string of the molecule is Nc1nc(Cc2ccccc2)c(Cc2ccccc2)c(N)c1N. The van der Waals surface area contributed by atoms with E-state index in [0.717, 1.165) is 16.8 Å². The van der Waals surface area contributed by atoms with Gasteiger partial charge in [-0.15, -0.1) is 0 Å². The van der Waals surface area contributed by atoms with Crippen molar-refractivity contribution in [1.82, 2.24) is 4.98 Å². The van der Waals surface area contributed by atoms with E-state index < -0.39 is 0 Å². The van der Waals surface area contributed by atoms with Gasteiger partial charge >= 0.3 is 0 Å². The molecule has 0 aliphatic rings. The van der Waals surface area contributed by atoms with Crippen LogP contribution in [0.5, 0.6) is 0 Å². The van der Waals surface area contributed by atoms with Crippen LogP contribution in [-0.2, 0) is 12.8 Å². The Bertz CT molecular complexity index is 799. The molecule has 0 amide bonds. The third-order valence-electron chi connectivity index (χ3n) is 3.93. The van der Waals surface area contributed by atoms with Crippen LogP contribution in [0.15, 0.2) is 60.7 Å². The Labute approximate surface area is 136 Å². The molecule has 3 rings (SSSR count). The maximum atomic E-state index is 6.24. The molecule has 0 aliphatic heterocycles. The zero-order valence-corrected chi connectivity index (χ0v) is 12.9. The topological polar surface area (TPSA) is 90.9 Å². The number of pyridine rings is 1. The monoisotopic (exact) mass is 304 g/mol. The fourth-order valence-corrected chi connectivity index (χ4v) is 2.66. The average Bonchev–Trinajstić information content (AvgIpc) is 2.58. The molecule has 3 aromatic rings. The van der Waals surface area contributed by atoms with E-state index in [1.165, 1.54) is 5.56 Å². The van der Waals surface area contributed by atoms with Gasteiger partial charge in [-0.2, -0.15) is 0 Å². The Hall–Kier alpha value is -3.01. The van der Waals surface area contributed by atoms with Gasteiger partial charge in [-0.3, -0.25) is 0 Å². The van der Waals surface area contributed by atoms with Crippen molar-refractivity contribution in [2.75, 3.05) is 17.2 Å². The predicted molar refractivity (Wildman–Crippen MR) is 96.0 cm³/mol. The Morgan fingerprint density at radius 2 is 1.17 bits per heavy atom. The Morgan fingerprint density at radius 3 is 1.74 bits per heavy atom. The first kappa shape index (κ1) is 14.9. The molecule has 23 heavy (non-hydrogen) atoms. The summed E-state index contributed by atoms with van der Waals surface area (Å²) in [4.78, 5) is 4.50. The first-order chi connectivity index (χ1) is 11.1. The molecule has 0 atom stereocenters. The number of aromatic nitrogens is 1. The summed E-state index contributed by atoms with van der Waals surface area (Å²) in [5, 5.41) is 0. The largest absolute Gasteiger partial charge is 0.397 e. The second-order valence-electron chi connectivity index (χ2n) is 5.57. The van der Waals surface area contributed by atoms with Crippen LogP contribution < -0.4 is 17.2 Å². The zero-order valence-electron chi connectivity index (χ0n) is 12.9. The number of nitrogens with zero attached hydrogens (tertiary/aromatic N) is 1. The van der Waals surface area contributed by atoms with Crippen LogP contribution in [0.3, 0.4) is 0 Å². The van der Waals surface area contributed by atoms with E-state index in [9.17, 15) is 0 Å². The van der Waals surface area contributed by atoms with E-state index in [0.29, 0.717) is 30.0 Å². The predicted octanol–water partition coefficient (Wildman–Crippen LogP) is 3.01. The number of anilines is 3. The summed E-state index contributed by atoms with van der Waals surface area (Å²) >= 11 is 0. The lowest BCUT2D eigenvalue weighted by molar-refractivity contribution is 1.02. The maximum Gasteiger partial charge on any atom is 0.149 e. The number of hydrogen-bond donors (Lipinski definition) is 3. The molecule has 0 fully saturated rings. The summed E-state index contributed by atoms with van der Waals surface area (Å²) in [7, 11) is 0. The normalized spacial score (nSPS) is 10.6. The minimum absolute atomic E-state index is 0.297. The summed E-state index contributed by atoms with van der Waals surface area (Å²) in [6, 6.07) is 20.3.